The largest absolute Gasteiger partial charge is 0.354 e. The third-order valence-electron chi connectivity index (χ3n) is 4.38. The minimum absolute atomic E-state index is 0.151. The van der Waals surface area contributed by atoms with Crippen molar-refractivity contribution in [2.75, 3.05) is 18.8 Å². The van der Waals surface area contributed by atoms with Crippen LogP contribution in [0.2, 0.25) is 4.34 Å². The van der Waals surface area contributed by atoms with Gasteiger partial charge in [-0.1, -0.05) is 29.8 Å². The van der Waals surface area contributed by atoms with Crippen molar-refractivity contribution < 1.29 is 17.6 Å². The number of carbonyl (C=O) groups excluding carboxylic acids is 1. The number of hydrogen-bond donors (Lipinski definition) is 1. The molecule has 1 aliphatic heterocycles. The molecule has 2 aromatic rings. The first-order chi connectivity index (χ1) is 13.4. The van der Waals surface area contributed by atoms with Gasteiger partial charge in [-0.15, -0.1) is 11.3 Å². The number of benzene rings is 1. The molecule has 10 heteroatoms. The molecule has 0 radical (unpaired) electrons. The second-order valence-corrected chi connectivity index (χ2v) is 11.2. The van der Waals surface area contributed by atoms with Crippen molar-refractivity contribution in [2.24, 2.45) is 0 Å². The van der Waals surface area contributed by atoms with Crippen molar-refractivity contribution >= 4 is 50.6 Å². The highest BCUT2D eigenvalue weighted by molar-refractivity contribution is 7.98. The number of hydrogen-bond acceptors (Lipinski definition) is 5. The Bertz CT molecular complexity index is 936. The quantitative estimate of drug-likeness (QED) is 0.607. The summed E-state index contributed by atoms with van der Waals surface area (Å²) < 4.78 is 41.0. The van der Waals surface area contributed by atoms with Gasteiger partial charge in [-0.25, -0.2) is 12.8 Å². The summed E-state index contributed by atoms with van der Waals surface area (Å²) >= 11 is 8.36. The average molecular weight is 463 g/mol. The maximum atomic E-state index is 13.6. The van der Waals surface area contributed by atoms with Gasteiger partial charge in [0, 0.05) is 24.6 Å². The van der Waals surface area contributed by atoms with E-state index in [0.717, 1.165) is 11.3 Å². The average Bonchev–Trinajstić information content (AvgIpc) is 3.32. The monoisotopic (exact) mass is 462 g/mol. The number of thiophene rings is 1. The van der Waals surface area contributed by atoms with Crippen LogP contribution in [0.1, 0.15) is 18.4 Å². The Balaban J connectivity index is 1.50. The Kier molecular flexibility index (Phi) is 7.38. The van der Waals surface area contributed by atoms with Gasteiger partial charge in [0.1, 0.15) is 16.1 Å². The van der Waals surface area contributed by atoms with Gasteiger partial charge in [-0.05, 0) is 36.6 Å². The number of nitrogens with one attached hydrogen (secondary N) is 1. The molecule has 1 saturated heterocycles. The summed E-state index contributed by atoms with van der Waals surface area (Å²) in [5.41, 5.74) is 0.626. The number of sulfonamides is 1. The molecular weight excluding hydrogens is 443 g/mol. The predicted molar refractivity (Wildman–Crippen MR) is 112 cm³/mol. The summed E-state index contributed by atoms with van der Waals surface area (Å²) in [5.74, 6) is 0.598. The number of carbonyl (C=O) groups is 1. The minimum Gasteiger partial charge on any atom is -0.354 e. The predicted octanol–water partition coefficient (Wildman–Crippen LogP) is 3.74. The molecule has 1 fully saturated rings. The van der Waals surface area contributed by atoms with Crippen molar-refractivity contribution in [3.05, 3.63) is 52.1 Å². The second-order valence-electron chi connectivity index (χ2n) is 6.27. The maximum Gasteiger partial charge on any atom is 0.253 e. The summed E-state index contributed by atoms with van der Waals surface area (Å²) in [4.78, 5) is 12.5. The number of thioether (sulfide) groups is 1. The normalized spacial score (nSPS) is 17.7. The first-order valence-corrected chi connectivity index (χ1v) is 12.5. The van der Waals surface area contributed by atoms with Crippen LogP contribution in [0.25, 0.3) is 0 Å². The Morgan fingerprint density at radius 3 is 2.82 bits per heavy atom. The maximum absolute atomic E-state index is 13.6. The second kappa shape index (κ2) is 9.58. The highest BCUT2D eigenvalue weighted by atomic mass is 35.5. The van der Waals surface area contributed by atoms with Gasteiger partial charge < -0.3 is 5.32 Å². The molecule has 5 nitrogen and oxygen atoms in total. The number of nitrogens with zero attached hydrogens (tertiary/aromatic N) is 1. The Morgan fingerprint density at radius 2 is 2.11 bits per heavy atom. The van der Waals surface area contributed by atoms with Crippen LogP contribution in [0.5, 0.6) is 0 Å². The van der Waals surface area contributed by atoms with E-state index in [1.165, 1.54) is 34.3 Å². The van der Waals surface area contributed by atoms with Gasteiger partial charge >= 0.3 is 0 Å². The first-order valence-electron chi connectivity index (χ1n) is 8.75. The van der Waals surface area contributed by atoms with Gasteiger partial charge in [0.25, 0.3) is 10.0 Å². The lowest BCUT2D eigenvalue weighted by Gasteiger charge is -2.22. The fraction of sp³-hybridized carbons (Fsp3) is 0.389. The molecule has 1 atom stereocenters. The lowest BCUT2D eigenvalue weighted by Crippen LogP contribution is -2.46. The van der Waals surface area contributed by atoms with Crippen LogP contribution in [0.3, 0.4) is 0 Å². The molecule has 1 aromatic carbocycles. The highest BCUT2D eigenvalue weighted by Crippen LogP contribution is 2.32. The summed E-state index contributed by atoms with van der Waals surface area (Å²) in [7, 11) is -3.73. The third kappa shape index (κ3) is 5.07. The van der Waals surface area contributed by atoms with Crippen LogP contribution in [-0.4, -0.2) is 43.5 Å². The molecule has 0 unspecified atom stereocenters. The SMILES string of the molecule is O=C(NCCSCc1ccccc1F)[C@@H]1CCCN1S(=O)(=O)c1ccc(Cl)s1. The minimum atomic E-state index is -3.73. The molecule has 0 saturated carbocycles. The summed E-state index contributed by atoms with van der Waals surface area (Å²) in [6.07, 6.45) is 1.13. The molecule has 0 bridgehead atoms. The Labute approximate surface area is 177 Å². The number of rotatable bonds is 8. The summed E-state index contributed by atoms with van der Waals surface area (Å²) in [6.45, 7) is 0.713. The van der Waals surface area contributed by atoms with Gasteiger partial charge in [0.2, 0.25) is 5.91 Å². The van der Waals surface area contributed by atoms with Crippen molar-refractivity contribution in [2.45, 2.75) is 28.8 Å². The van der Waals surface area contributed by atoms with Crippen LogP contribution in [0.15, 0.2) is 40.6 Å². The van der Waals surface area contributed by atoms with E-state index in [2.05, 4.69) is 5.32 Å². The lowest BCUT2D eigenvalue weighted by atomic mass is 10.2. The Hall–Kier alpha value is -1.13. The van der Waals surface area contributed by atoms with E-state index in [1.54, 1.807) is 18.2 Å². The van der Waals surface area contributed by atoms with E-state index in [1.807, 2.05) is 0 Å². The highest BCUT2D eigenvalue weighted by Gasteiger charge is 2.39. The fourth-order valence-electron chi connectivity index (χ4n) is 3.00. The zero-order valence-corrected chi connectivity index (χ0v) is 18.1. The first kappa shape index (κ1) is 21.6. The van der Waals surface area contributed by atoms with E-state index in [0.29, 0.717) is 47.3 Å². The third-order valence-corrected chi connectivity index (χ3v) is 8.99. The molecule has 1 aromatic heterocycles. The van der Waals surface area contributed by atoms with E-state index < -0.39 is 16.1 Å². The molecule has 1 N–H and O–H groups in total. The van der Waals surface area contributed by atoms with Gasteiger partial charge in [-0.2, -0.15) is 16.1 Å². The van der Waals surface area contributed by atoms with Crippen molar-refractivity contribution in [3.8, 4) is 0 Å². The topological polar surface area (TPSA) is 66.5 Å². The van der Waals surface area contributed by atoms with Crippen LogP contribution in [0.4, 0.5) is 4.39 Å². The van der Waals surface area contributed by atoms with Crippen molar-refractivity contribution in [1.82, 2.24) is 9.62 Å². The number of halogens is 2. The van der Waals surface area contributed by atoms with E-state index in [-0.39, 0.29) is 15.9 Å². The zero-order chi connectivity index (χ0) is 20.1. The summed E-state index contributed by atoms with van der Waals surface area (Å²) in [6, 6.07) is 8.90. The number of amides is 1. The Morgan fingerprint density at radius 1 is 1.32 bits per heavy atom. The van der Waals surface area contributed by atoms with E-state index in [4.69, 9.17) is 11.6 Å². The molecule has 3 rings (SSSR count). The lowest BCUT2D eigenvalue weighted by molar-refractivity contribution is -0.124. The van der Waals surface area contributed by atoms with E-state index in [9.17, 15) is 17.6 Å². The van der Waals surface area contributed by atoms with Crippen LogP contribution < -0.4 is 5.32 Å². The molecule has 0 spiro atoms. The molecule has 1 aliphatic rings. The fourth-order valence-corrected chi connectivity index (χ4v) is 7.12. The zero-order valence-electron chi connectivity index (χ0n) is 14.9. The van der Waals surface area contributed by atoms with Crippen molar-refractivity contribution in [1.29, 1.82) is 0 Å². The van der Waals surface area contributed by atoms with Gasteiger partial charge in [0.15, 0.2) is 0 Å². The van der Waals surface area contributed by atoms with Crippen LogP contribution in [0, 0.1) is 5.82 Å². The van der Waals surface area contributed by atoms with Crippen LogP contribution in [-0.2, 0) is 20.6 Å². The summed E-state index contributed by atoms with van der Waals surface area (Å²) in [5, 5.41) is 2.80. The van der Waals surface area contributed by atoms with E-state index >= 15 is 0 Å². The van der Waals surface area contributed by atoms with Gasteiger partial charge in [0.05, 0.1) is 4.34 Å². The molecule has 28 heavy (non-hydrogen) atoms. The van der Waals surface area contributed by atoms with Crippen LogP contribution >= 0.6 is 34.7 Å². The molecule has 0 aliphatic carbocycles. The van der Waals surface area contributed by atoms with Crippen molar-refractivity contribution in [3.63, 3.8) is 0 Å². The molecular formula is C18H20ClFN2O3S3. The molecule has 152 valence electrons. The van der Waals surface area contributed by atoms with Gasteiger partial charge in [-0.3, -0.25) is 4.79 Å². The molecule has 2 heterocycles. The molecule has 1 amide bonds. The smallest absolute Gasteiger partial charge is 0.253 e. The standard InChI is InChI=1S/C18H20ClFN2O3S3/c19-16-7-8-17(27-16)28(24,25)22-10-3-6-15(22)18(23)21-9-11-26-12-13-4-1-2-5-14(13)20/h1-2,4-5,7-8,15H,3,6,9-12H2,(H,21,23)/t15-/m0/s1.